The van der Waals surface area contributed by atoms with Crippen molar-refractivity contribution in [3.05, 3.63) is 36.2 Å². The van der Waals surface area contributed by atoms with Gasteiger partial charge in [0.1, 0.15) is 41.5 Å². The number of likely N-dealkylation sites (tertiary alicyclic amines) is 1. The van der Waals surface area contributed by atoms with Crippen molar-refractivity contribution in [2.75, 3.05) is 11.9 Å². The number of aromatic amines is 1. The van der Waals surface area contributed by atoms with Crippen molar-refractivity contribution in [1.29, 1.82) is 0 Å². The monoisotopic (exact) mass is 479 g/mol. The van der Waals surface area contributed by atoms with Crippen molar-refractivity contribution < 1.29 is 23.8 Å². The average Bonchev–Trinajstić information content (AvgIpc) is 3.49. The third-order valence-electron chi connectivity index (χ3n) is 6.16. The van der Waals surface area contributed by atoms with Gasteiger partial charge in [0.15, 0.2) is 11.3 Å². The smallest absolute Gasteiger partial charge is 0.275 e. The maximum Gasteiger partial charge on any atom is 0.275 e. The van der Waals surface area contributed by atoms with Gasteiger partial charge in [0.25, 0.3) is 5.91 Å². The Balaban J connectivity index is 1.47. The summed E-state index contributed by atoms with van der Waals surface area (Å²) in [5.74, 6) is -1.54. The summed E-state index contributed by atoms with van der Waals surface area (Å²) in [4.78, 5) is 26.9. The topological polar surface area (TPSA) is 140 Å². The summed E-state index contributed by atoms with van der Waals surface area (Å²) in [6.07, 6.45) is 1.78. The van der Waals surface area contributed by atoms with Crippen molar-refractivity contribution >= 4 is 39.5 Å². The second-order valence-corrected chi connectivity index (χ2v) is 8.64. The number of fused-ring (bicyclic) bond motifs is 1. The van der Waals surface area contributed by atoms with Gasteiger partial charge in [0, 0.05) is 24.8 Å². The number of aliphatic hydroxyl groups excluding tert-OH is 2. The van der Waals surface area contributed by atoms with Gasteiger partial charge < -0.3 is 20.4 Å². The molecule has 0 radical (unpaired) electrons. The maximum atomic E-state index is 14.4. The minimum absolute atomic E-state index is 0.00363. The number of H-pyrrole nitrogens is 1. The predicted molar refractivity (Wildman–Crippen MR) is 115 cm³/mol. The van der Waals surface area contributed by atoms with Crippen molar-refractivity contribution in [3.63, 3.8) is 0 Å². The molecule has 13 heteroatoms. The molecular weight excluding hydrogens is 460 g/mol. The second kappa shape index (κ2) is 8.43. The molecule has 5 rings (SSSR count). The summed E-state index contributed by atoms with van der Waals surface area (Å²) >= 11 is 6.19. The van der Waals surface area contributed by atoms with Crippen LogP contribution in [-0.2, 0) is 0 Å². The molecule has 33 heavy (non-hydrogen) atoms. The van der Waals surface area contributed by atoms with Gasteiger partial charge in [-0.15, -0.1) is 0 Å². The number of rotatable bonds is 4. The number of aromatic nitrogens is 4. The van der Waals surface area contributed by atoms with E-state index in [1.54, 1.807) is 6.08 Å². The van der Waals surface area contributed by atoms with Crippen LogP contribution in [0.5, 0.6) is 0 Å². The molecule has 1 amide bonds. The molecule has 0 spiro atoms. The fourth-order valence-electron chi connectivity index (χ4n) is 4.52. The van der Waals surface area contributed by atoms with Crippen LogP contribution in [0.1, 0.15) is 23.3 Å². The highest BCUT2D eigenvalue weighted by molar-refractivity contribution is 6.66. The first kappa shape index (κ1) is 21.9. The van der Waals surface area contributed by atoms with Gasteiger partial charge >= 0.3 is 0 Å². The highest BCUT2D eigenvalue weighted by Gasteiger charge is 2.44. The Morgan fingerprint density at radius 2 is 2.12 bits per heavy atom. The van der Waals surface area contributed by atoms with Crippen molar-refractivity contribution in [3.8, 4) is 0 Å². The first-order valence-corrected chi connectivity index (χ1v) is 10.7. The van der Waals surface area contributed by atoms with Crippen LogP contribution in [0, 0.1) is 5.92 Å². The molecule has 0 bridgehead atoms. The molecule has 4 N–H and O–H groups in total. The second-order valence-electron chi connectivity index (χ2n) is 8.25. The molecule has 1 unspecified atom stereocenters. The van der Waals surface area contributed by atoms with E-state index in [9.17, 15) is 23.8 Å². The van der Waals surface area contributed by atoms with Gasteiger partial charge in [-0.1, -0.05) is 23.8 Å². The summed E-state index contributed by atoms with van der Waals surface area (Å²) in [6.45, 7) is -0.198. The minimum Gasteiger partial charge on any atom is -0.388 e. The molecule has 1 fully saturated rings. The Morgan fingerprint density at radius 1 is 1.30 bits per heavy atom. The average molecular weight is 480 g/mol. The number of hydrogen-bond acceptors (Lipinski definition) is 8. The molecule has 3 aliphatic rings. The number of halogens is 3. The predicted octanol–water partition coefficient (Wildman–Crippen LogP) is 1.45. The van der Waals surface area contributed by atoms with Gasteiger partial charge in [0.05, 0.1) is 24.2 Å². The largest absolute Gasteiger partial charge is 0.388 e. The van der Waals surface area contributed by atoms with E-state index < -0.39 is 48.1 Å². The lowest BCUT2D eigenvalue weighted by Crippen LogP contribution is -2.43. The Kier molecular flexibility index (Phi) is 5.59. The van der Waals surface area contributed by atoms with Crippen molar-refractivity contribution in [2.24, 2.45) is 10.9 Å². The highest BCUT2D eigenvalue weighted by Crippen LogP contribution is 2.36. The van der Waals surface area contributed by atoms with Gasteiger partial charge in [-0.2, -0.15) is 5.10 Å². The summed E-state index contributed by atoms with van der Waals surface area (Å²) in [7, 11) is 0. The lowest BCUT2D eigenvalue weighted by Gasteiger charge is -2.31. The van der Waals surface area contributed by atoms with Gasteiger partial charge in [0.2, 0.25) is 0 Å². The number of carbonyl (C=O) groups is 1. The van der Waals surface area contributed by atoms with Gasteiger partial charge in [-0.05, 0) is 0 Å². The molecule has 10 nitrogen and oxygen atoms in total. The Hall–Kier alpha value is -2.96. The van der Waals surface area contributed by atoms with Crippen LogP contribution in [0.25, 0.3) is 11.0 Å². The molecule has 2 aliphatic heterocycles. The van der Waals surface area contributed by atoms with Crippen molar-refractivity contribution in [2.45, 2.75) is 43.3 Å². The Morgan fingerprint density at radius 3 is 2.88 bits per heavy atom. The Bertz CT molecular complexity index is 1190. The molecule has 174 valence electrons. The number of alkyl halides is 1. The number of anilines is 1. The van der Waals surface area contributed by atoms with E-state index in [1.165, 1.54) is 17.3 Å². The lowest BCUT2D eigenvalue weighted by atomic mass is 9.93. The van der Waals surface area contributed by atoms with Crippen LogP contribution in [0.15, 0.2) is 35.5 Å². The van der Waals surface area contributed by atoms with Crippen molar-refractivity contribution in [1.82, 2.24) is 25.1 Å². The number of nitrogens with one attached hydrogen (secondary N) is 2. The summed E-state index contributed by atoms with van der Waals surface area (Å²) in [6, 6.07) is -1.36. The first-order valence-electron chi connectivity index (χ1n) is 10.4. The molecule has 6 atom stereocenters. The lowest BCUT2D eigenvalue weighted by molar-refractivity contribution is 0.0552. The van der Waals surface area contributed by atoms with Gasteiger partial charge in [-0.25, -0.2) is 23.7 Å². The molecule has 1 aliphatic carbocycles. The number of nitrogens with zero attached hydrogens (tertiary/aromatic N) is 5. The van der Waals surface area contributed by atoms with E-state index >= 15 is 0 Å². The highest BCUT2D eigenvalue weighted by atomic mass is 35.5. The molecule has 4 heterocycles. The fourth-order valence-corrected chi connectivity index (χ4v) is 4.79. The number of aliphatic imine (C=N–C) groups is 1. The minimum atomic E-state index is -1.31. The van der Waals surface area contributed by atoms with Gasteiger partial charge in [-0.3, -0.25) is 9.89 Å². The summed E-state index contributed by atoms with van der Waals surface area (Å²) < 4.78 is 28.3. The van der Waals surface area contributed by atoms with Crippen LogP contribution in [0.2, 0.25) is 0 Å². The van der Waals surface area contributed by atoms with Crippen LogP contribution in [0.3, 0.4) is 0 Å². The zero-order valence-corrected chi connectivity index (χ0v) is 17.8. The zero-order valence-electron chi connectivity index (χ0n) is 17.1. The molecular formula is C20H20ClF2N7O3. The fraction of sp³-hybridized carbons (Fsp3) is 0.450. The maximum absolute atomic E-state index is 14.4. The number of aliphatic hydroxyl groups is 2. The van der Waals surface area contributed by atoms with Crippen LogP contribution in [-0.4, -0.2) is 83.4 Å². The Labute approximate surface area is 191 Å². The quantitative estimate of drug-likeness (QED) is 0.486. The standard InChI is InChI=1S/C20H20ClF2N7O3/c21-17-10(3-8(22)5-24-17)12-4-9(23)6-30(12)20(33)15-14-18(25-7-26-19(14)29-28-15)27-11-1-2-13(31)16(11)32/h1-2,5,7,9-13,16,31-32H,3-4,6H2,(H2,25,26,27,28,29)/t9-,10?,11+,12+,13+,16-/m0/s1. The number of carbonyl (C=O) groups excluding carboxylic acids is 1. The molecule has 2 aromatic heterocycles. The van der Waals surface area contributed by atoms with E-state index in [2.05, 4.69) is 30.5 Å². The third kappa shape index (κ3) is 3.87. The molecule has 0 aromatic carbocycles. The first-order chi connectivity index (χ1) is 15.8. The van der Waals surface area contributed by atoms with E-state index in [-0.39, 0.29) is 47.1 Å². The molecule has 1 saturated heterocycles. The normalized spacial score (nSPS) is 31.7. The number of amides is 1. The van der Waals surface area contributed by atoms with E-state index in [4.69, 9.17) is 11.6 Å². The number of allylic oxidation sites excluding steroid dienone is 1. The third-order valence-corrected chi connectivity index (χ3v) is 6.54. The number of hydrogen-bond donors (Lipinski definition) is 4. The summed E-state index contributed by atoms with van der Waals surface area (Å²) in [5, 5.41) is 30.0. The van der Waals surface area contributed by atoms with Crippen LogP contribution in [0.4, 0.5) is 14.6 Å². The molecule has 2 aromatic rings. The molecule has 0 saturated carbocycles. The van der Waals surface area contributed by atoms with Crippen LogP contribution >= 0.6 is 11.6 Å². The van der Waals surface area contributed by atoms with Crippen LogP contribution < -0.4 is 5.32 Å². The van der Waals surface area contributed by atoms with E-state index in [1.807, 2.05) is 0 Å². The summed E-state index contributed by atoms with van der Waals surface area (Å²) in [5.41, 5.74) is 0.204. The van der Waals surface area contributed by atoms with E-state index in [0.29, 0.717) is 0 Å². The van der Waals surface area contributed by atoms with E-state index in [0.717, 1.165) is 6.20 Å². The SMILES string of the molecule is O=C(c1n[nH]c2ncnc(N[C@@H]3C=C[C@@H](O)[C@H]3O)c12)N1C[C@@H](F)C[C@@H]1C1CC(F)=CN=C1Cl. The zero-order chi connectivity index (χ0) is 23.3.